The number of aliphatic hydroxyl groups excluding tert-OH is 1. The van der Waals surface area contributed by atoms with Gasteiger partial charge in [0.1, 0.15) is 0 Å². The summed E-state index contributed by atoms with van der Waals surface area (Å²) in [4.78, 5) is 2.43. The molecule has 0 aliphatic heterocycles. The van der Waals surface area contributed by atoms with Crippen LogP contribution in [0.25, 0.3) is 0 Å². The minimum atomic E-state index is 0.0997. The van der Waals surface area contributed by atoms with Crippen LogP contribution >= 0.6 is 15.9 Å². The zero-order valence-corrected chi connectivity index (χ0v) is 14.8. The monoisotopic (exact) mass is 341 g/mol. The zero-order chi connectivity index (χ0) is 15.1. The van der Waals surface area contributed by atoms with Crippen molar-refractivity contribution in [3.8, 4) is 0 Å². The van der Waals surface area contributed by atoms with E-state index in [1.807, 2.05) is 12.1 Å². The molecule has 0 unspecified atom stereocenters. The lowest BCUT2D eigenvalue weighted by molar-refractivity contribution is 0.282. The number of halogens is 1. The number of aliphatic hydroxyl groups is 1. The van der Waals surface area contributed by atoms with E-state index in [4.69, 9.17) is 0 Å². The van der Waals surface area contributed by atoms with Crippen LogP contribution in [0.1, 0.15) is 46.1 Å². The molecule has 0 saturated carbocycles. The summed E-state index contributed by atoms with van der Waals surface area (Å²) in [6.45, 7) is 11.2. The molecule has 0 saturated heterocycles. The molecule has 0 amide bonds. The highest BCUT2D eigenvalue weighted by molar-refractivity contribution is 9.10. The van der Waals surface area contributed by atoms with Gasteiger partial charge in [-0.25, -0.2) is 0 Å². The van der Waals surface area contributed by atoms with Crippen LogP contribution in [0, 0.1) is 11.8 Å². The highest BCUT2D eigenvalue weighted by atomic mass is 79.9. The number of hydrogen-bond acceptors (Lipinski definition) is 2. The lowest BCUT2D eigenvalue weighted by atomic mass is 10.1. The average Bonchev–Trinajstić information content (AvgIpc) is 2.38. The van der Waals surface area contributed by atoms with Crippen LogP contribution in [0.5, 0.6) is 0 Å². The van der Waals surface area contributed by atoms with E-state index in [0.29, 0.717) is 11.8 Å². The van der Waals surface area contributed by atoms with Gasteiger partial charge in [-0.15, -0.1) is 0 Å². The smallest absolute Gasteiger partial charge is 0.0702 e. The Morgan fingerprint density at radius 3 is 2.05 bits per heavy atom. The van der Waals surface area contributed by atoms with Gasteiger partial charge in [0.05, 0.1) is 6.61 Å². The van der Waals surface area contributed by atoms with Crippen LogP contribution in [-0.4, -0.2) is 18.2 Å². The molecular formula is C17H28BrNO. The Hall–Kier alpha value is -0.540. The van der Waals surface area contributed by atoms with E-state index in [0.717, 1.165) is 23.1 Å². The highest BCUT2D eigenvalue weighted by Gasteiger charge is 2.13. The van der Waals surface area contributed by atoms with Crippen molar-refractivity contribution in [3.05, 3.63) is 28.2 Å². The number of nitrogens with zero attached hydrogens (tertiary/aromatic N) is 1. The summed E-state index contributed by atoms with van der Waals surface area (Å²) >= 11 is 3.55. The van der Waals surface area contributed by atoms with Gasteiger partial charge in [0.15, 0.2) is 0 Å². The normalized spacial score (nSPS) is 11.4. The largest absolute Gasteiger partial charge is 0.392 e. The summed E-state index contributed by atoms with van der Waals surface area (Å²) in [5.74, 6) is 1.39. The van der Waals surface area contributed by atoms with Crippen LogP contribution in [0.4, 0.5) is 5.69 Å². The molecule has 0 aliphatic rings. The van der Waals surface area contributed by atoms with Gasteiger partial charge in [-0.1, -0.05) is 49.7 Å². The molecular weight excluding hydrogens is 314 g/mol. The molecule has 0 radical (unpaired) electrons. The van der Waals surface area contributed by atoms with E-state index >= 15 is 0 Å². The van der Waals surface area contributed by atoms with E-state index in [-0.39, 0.29) is 6.61 Å². The molecule has 1 N–H and O–H groups in total. The Bertz CT molecular complexity index is 392. The predicted octanol–water partition coefficient (Wildman–Crippen LogP) is 4.84. The molecule has 0 heterocycles. The second-order valence-electron chi connectivity index (χ2n) is 6.28. The fourth-order valence-electron chi connectivity index (χ4n) is 2.15. The fraction of sp³-hybridized carbons (Fsp3) is 0.647. The van der Waals surface area contributed by atoms with Crippen LogP contribution in [0.2, 0.25) is 0 Å². The molecule has 2 nitrogen and oxygen atoms in total. The molecule has 0 spiro atoms. The van der Waals surface area contributed by atoms with Gasteiger partial charge in [-0.2, -0.15) is 0 Å². The summed E-state index contributed by atoms with van der Waals surface area (Å²) in [5.41, 5.74) is 2.18. The van der Waals surface area contributed by atoms with Gasteiger partial charge >= 0.3 is 0 Å². The summed E-state index contributed by atoms with van der Waals surface area (Å²) in [6.07, 6.45) is 2.35. The first-order valence-electron chi connectivity index (χ1n) is 7.58. The Morgan fingerprint density at radius 2 is 1.60 bits per heavy atom. The number of hydrogen-bond donors (Lipinski definition) is 1. The third-order valence-corrected chi connectivity index (χ3v) is 4.00. The Morgan fingerprint density at radius 1 is 1.05 bits per heavy atom. The molecule has 1 aromatic carbocycles. The molecule has 1 rings (SSSR count). The minimum Gasteiger partial charge on any atom is -0.392 e. The first-order chi connectivity index (χ1) is 9.43. The van der Waals surface area contributed by atoms with Crippen LogP contribution in [0.3, 0.4) is 0 Å². The van der Waals surface area contributed by atoms with Gasteiger partial charge in [0.25, 0.3) is 0 Å². The van der Waals surface area contributed by atoms with E-state index in [1.54, 1.807) is 0 Å². The van der Waals surface area contributed by atoms with Crippen molar-refractivity contribution in [3.63, 3.8) is 0 Å². The molecule has 0 atom stereocenters. The second kappa shape index (κ2) is 8.68. The molecule has 0 aromatic heterocycles. The van der Waals surface area contributed by atoms with Gasteiger partial charge in [0.2, 0.25) is 0 Å². The van der Waals surface area contributed by atoms with Crippen LogP contribution in [0.15, 0.2) is 22.7 Å². The van der Waals surface area contributed by atoms with Gasteiger partial charge in [-0.3, -0.25) is 0 Å². The quantitative estimate of drug-likeness (QED) is 0.731. The lowest BCUT2D eigenvalue weighted by Gasteiger charge is -2.28. The molecule has 20 heavy (non-hydrogen) atoms. The summed E-state index contributed by atoms with van der Waals surface area (Å²) in [6, 6.07) is 6.14. The number of anilines is 1. The Labute approximate surface area is 132 Å². The molecule has 1 aromatic rings. The van der Waals surface area contributed by atoms with Crippen molar-refractivity contribution in [1.29, 1.82) is 0 Å². The first kappa shape index (κ1) is 17.5. The number of rotatable bonds is 8. The van der Waals surface area contributed by atoms with Crippen LogP contribution in [-0.2, 0) is 6.61 Å². The topological polar surface area (TPSA) is 23.5 Å². The van der Waals surface area contributed by atoms with Crippen molar-refractivity contribution >= 4 is 21.6 Å². The van der Waals surface area contributed by atoms with Crippen molar-refractivity contribution < 1.29 is 5.11 Å². The van der Waals surface area contributed by atoms with Gasteiger partial charge in [-0.05, 0) is 36.8 Å². The predicted molar refractivity (Wildman–Crippen MR) is 91.2 cm³/mol. The van der Waals surface area contributed by atoms with Crippen molar-refractivity contribution in [2.24, 2.45) is 11.8 Å². The third-order valence-electron chi connectivity index (χ3n) is 3.51. The third kappa shape index (κ3) is 5.84. The molecule has 0 aliphatic carbocycles. The highest BCUT2D eigenvalue weighted by Crippen LogP contribution is 2.26. The molecule has 0 fully saturated rings. The van der Waals surface area contributed by atoms with Gasteiger partial charge in [0, 0.05) is 28.8 Å². The zero-order valence-electron chi connectivity index (χ0n) is 13.2. The van der Waals surface area contributed by atoms with Crippen molar-refractivity contribution in [2.75, 3.05) is 18.0 Å². The van der Waals surface area contributed by atoms with Crippen LogP contribution < -0.4 is 4.90 Å². The minimum absolute atomic E-state index is 0.0997. The Balaban J connectivity index is 2.92. The second-order valence-corrected chi connectivity index (χ2v) is 7.20. The first-order valence-corrected chi connectivity index (χ1v) is 8.37. The summed E-state index contributed by atoms with van der Waals surface area (Å²) in [7, 11) is 0. The fourth-order valence-corrected chi connectivity index (χ4v) is 2.49. The summed E-state index contributed by atoms with van der Waals surface area (Å²) < 4.78 is 1.07. The molecule has 114 valence electrons. The average molecular weight is 342 g/mol. The standard InChI is InChI=1S/C17H28BrNO/c1-13(2)7-9-19(10-8-14(3)4)17-11-16(18)6-5-15(17)12-20/h5-6,11,13-14,20H,7-10,12H2,1-4H3. The van der Waals surface area contributed by atoms with E-state index < -0.39 is 0 Å². The van der Waals surface area contributed by atoms with Gasteiger partial charge < -0.3 is 10.0 Å². The van der Waals surface area contributed by atoms with E-state index in [1.165, 1.54) is 18.5 Å². The molecule has 3 heteroatoms. The van der Waals surface area contributed by atoms with Crippen molar-refractivity contribution in [2.45, 2.75) is 47.1 Å². The summed E-state index contributed by atoms with van der Waals surface area (Å²) in [5, 5.41) is 9.57. The Kier molecular flexibility index (Phi) is 7.60. The van der Waals surface area contributed by atoms with Crippen molar-refractivity contribution in [1.82, 2.24) is 0 Å². The van der Waals surface area contributed by atoms with E-state index in [2.05, 4.69) is 54.6 Å². The maximum Gasteiger partial charge on any atom is 0.0702 e. The SMILES string of the molecule is CC(C)CCN(CCC(C)C)c1cc(Br)ccc1CO. The number of benzene rings is 1. The maximum atomic E-state index is 9.57. The molecule has 0 bridgehead atoms. The van der Waals surface area contributed by atoms with E-state index in [9.17, 15) is 5.11 Å². The maximum absolute atomic E-state index is 9.57. The lowest BCUT2D eigenvalue weighted by Crippen LogP contribution is -2.28.